The van der Waals surface area contributed by atoms with Crippen molar-refractivity contribution in [3.63, 3.8) is 0 Å². The van der Waals surface area contributed by atoms with E-state index in [1.165, 1.54) is 16.7 Å². The van der Waals surface area contributed by atoms with Gasteiger partial charge in [0, 0.05) is 13.0 Å². The minimum atomic E-state index is -0.324. The van der Waals surface area contributed by atoms with Gasteiger partial charge in [0.25, 0.3) is 0 Å². The number of urea groups is 1. The fraction of sp³-hybridized carbons (Fsp3) is 0.588. The molecule has 1 heterocycles. The Labute approximate surface area is 131 Å². The van der Waals surface area contributed by atoms with Crippen molar-refractivity contribution in [3.8, 4) is 0 Å². The molecule has 3 atom stereocenters. The van der Waals surface area contributed by atoms with Gasteiger partial charge in [-0.3, -0.25) is 0 Å². The molecule has 2 amide bonds. The van der Waals surface area contributed by atoms with Gasteiger partial charge >= 0.3 is 6.03 Å². The molecule has 0 aromatic heterocycles. The van der Waals surface area contributed by atoms with E-state index in [0.717, 1.165) is 25.7 Å². The van der Waals surface area contributed by atoms with E-state index in [1.807, 2.05) is 0 Å². The Hall–Kier alpha value is -1.59. The molecule has 1 saturated heterocycles. The molecule has 3 rings (SSSR count). The molecule has 0 saturated carbocycles. The van der Waals surface area contributed by atoms with Crippen LogP contribution in [0.4, 0.5) is 4.79 Å². The predicted octanol–water partition coefficient (Wildman–Crippen LogP) is 2.99. The van der Waals surface area contributed by atoms with Crippen LogP contribution in [0.1, 0.15) is 48.9 Å². The largest absolute Gasteiger partial charge is 0.350 e. The second-order valence-electron chi connectivity index (χ2n) is 6.35. The molecule has 120 valence electrons. The highest BCUT2D eigenvalue weighted by molar-refractivity contribution is 5.73. The van der Waals surface area contributed by atoms with Crippen molar-refractivity contribution < 1.29 is 14.4 Å². The van der Waals surface area contributed by atoms with Crippen molar-refractivity contribution >= 4 is 6.03 Å². The maximum absolute atomic E-state index is 12.1. The van der Waals surface area contributed by atoms with Crippen LogP contribution in [0, 0.1) is 12.8 Å². The lowest BCUT2D eigenvalue weighted by Gasteiger charge is -2.24. The Morgan fingerprint density at radius 1 is 1.36 bits per heavy atom. The van der Waals surface area contributed by atoms with Gasteiger partial charge in [-0.2, -0.15) is 0 Å². The van der Waals surface area contributed by atoms with Crippen LogP contribution in [0.25, 0.3) is 0 Å². The smallest absolute Gasteiger partial charge is 0.339 e. The van der Waals surface area contributed by atoms with Crippen LogP contribution >= 0.6 is 0 Å². The van der Waals surface area contributed by atoms with E-state index in [2.05, 4.69) is 42.8 Å². The van der Waals surface area contributed by atoms with Crippen LogP contribution in [0.2, 0.25) is 0 Å². The Kier molecular flexibility index (Phi) is 4.64. The van der Waals surface area contributed by atoms with Crippen molar-refractivity contribution in [1.29, 1.82) is 0 Å². The highest BCUT2D eigenvalue weighted by Crippen LogP contribution is 2.36. The van der Waals surface area contributed by atoms with Crippen LogP contribution in [0.15, 0.2) is 18.2 Å². The lowest BCUT2D eigenvalue weighted by Crippen LogP contribution is -2.41. The van der Waals surface area contributed by atoms with Gasteiger partial charge in [0.15, 0.2) is 6.29 Å². The fourth-order valence-corrected chi connectivity index (χ4v) is 3.28. The monoisotopic (exact) mass is 304 g/mol. The molecule has 1 aromatic rings. The molecule has 2 N–H and O–H groups in total. The number of hydroxylamine groups is 1. The molecule has 5 nitrogen and oxygen atoms in total. The van der Waals surface area contributed by atoms with Crippen LogP contribution in [0.3, 0.4) is 0 Å². The summed E-state index contributed by atoms with van der Waals surface area (Å²) in [6, 6.07) is 6.17. The van der Waals surface area contributed by atoms with Gasteiger partial charge in [-0.05, 0) is 43.2 Å². The lowest BCUT2D eigenvalue weighted by molar-refractivity contribution is -0.186. The number of fused-ring (bicyclic) bond motifs is 1. The zero-order chi connectivity index (χ0) is 15.5. The molecule has 0 bridgehead atoms. The van der Waals surface area contributed by atoms with Crippen molar-refractivity contribution in [3.05, 3.63) is 34.9 Å². The summed E-state index contributed by atoms with van der Waals surface area (Å²) in [6.07, 6.45) is 3.62. The number of rotatable bonds is 3. The number of benzene rings is 1. The van der Waals surface area contributed by atoms with E-state index in [-0.39, 0.29) is 18.4 Å². The summed E-state index contributed by atoms with van der Waals surface area (Å²) in [7, 11) is 0. The maximum atomic E-state index is 12.1. The Morgan fingerprint density at radius 2 is 2.23 bits per heavy atom. The van der Waals surface area contributed by atoms with Crippen molar-refractivity contribution in [2.75, 3.05) is 6.61 Å². The van der Waals surface area contributed by atoms with Gasteiger partial charge in [-0.15, -0.1) is 0 Å². The van der Waals surface area contributed by atoms with E-state index in [0.29, 0.717) is 12.5 Å². The van der Waals surface area contributed by atoms with E-state index >= 15 is 0 Å². The summed E-state index contributed by atoms with van der Waals surface area (Å²) in [6.45, 7) is 4.93. The molecule has 2 aliphatic rings. The summed E-state index contributed by atoms with van der Waals surface area (Å²) < 4.78 is 5.43. The summed E-state index contributed by atoms with van der Waals surface area (Å²) >= 11 is 0. The normalized spacial score (nSPS) is 27.3. The van der Waals surface area contributed by atoms with Crippen LogP contribution in [-0.2, 0) is 16.0 Å². The molecule has 0 unspecified atom stereocenters. The third kappa shape index (κ3) is 3.42. The van der Waals surface area contributed by atoms with Crippen molar-refractivity contribution in [1.82, 2.24) is 10.8 Å². The first-order valence-electron chi connectivity index (χ1n) is 8.06. The molecule has 0 radical (unpaired) electrons. The standard InChI is InChI=1S/C17H24N2O3/c1-11-6-7-13-10-12(2)16(14(13)9-11)18-17(20)19-22-15-5-3-4-8-21-15/h6-7,9,12,15-16H,3-5,8,10H2,1-2H3,(H2,18,19,20)/t12-,15+,16+/m0/s1. The third-order valence-electron chi connectivity index (χ3n) is 4.45. The lowest BCUT2D eigenvalue weighted by atomic mass is 10.0. The van der Waals surface area contributed by atoms with Gasteiger partial charge < -0.3 is 10.1 Å². The van der Waals surface area contributed by atoms with E-state index in [1.54, 1.807) is 0 Å². The molecular formula is C17H24N2O3. The number of amides is 2. The summed E-state index contributed by atoms with van der Waals surface area (Å²) in [5.74, 6) is 0.383. The van der Waals surface area contributed by atoms with Gasteiger partial charge in [0.05, 0.1) is 6.04 Å². The second-order valence-corrected chi connectivity index (χ2v) is 6.35. The summed E-state index contributed by atoms with van der Waals surface area (Å²) in [5, 5.41) is 3.02. The Bertz CT molecular complexity index is 541. The van der Waals surface area contributed by atoms with Gasteiger partial charge in [0.2, 0.25) is 0 Å². The quantitative estimate of drug-likeness (QED) is 0.844. The number of carbonyl (C=O) groups is 1. The van der Waals surface area contributed by atoms with E-state index in [9.17, 15) is 4.79 Å². The number of carbonyl (C=O) groups excluding carboxylic acids is 1. The second kappa shape index (κ2) is 6.67. The van der Waals surface area contributed by atoms with Crippen molar-refractivity contribution in [2.24, 2.45) is 5.92 Å². The number of hydrogen-bond acceptors (Lipinski definition) is 3. The first kappa shape index (κ1) is 15.3. The number of aryl methyl sites for hydroxylation is 1. The fourth-order valence-electron chi connectivity index (χ4n) is 3.28. The Morgan fingerprint density at radius 3 is 3.00 bits per heavy atom. The highest BCUT2D eigenvalue weighted by Gasteiger charge is 2.30. The maximum Gasteiger partial charge on any atom is 0.339 e. The zero-order valence-corrected chi connectivity index (χ0v) is 13.2. The minimum Gasteiger partial charge on any atom is -0.350 e. The number of ether oxygens (including phenoxy) is 1. The molecule has 5 heteroatoms. The molecule has 22 heavy (non-hydrogen) atoms. The van der Waals surface area contributed by atoms with Crippen LogP contribution in [0.5, 0.6) is 0 Å². The summed E-state index contributed by atoms with van der Waals surface area (Å²) in [4.78, 5) is 17.4. The van der Waals surface area contributed by atoms with Crippen LogP contribution in [-0.4, -0.2) is 18.9 Å². The number of hydrogen-bond donors (Lipinski definition) is 2. The summed E-state index contributed by atoms with van der Waals surface area (Å²) in [5.41, 5.74) is 6.22. The number of nitrogens with one attached hydrogen (secondary N) is 2. The zero-order valence-electron chi connectivity index (χ0n) is 13.2. The first-order valence-corrected chi connectivity index (χ1v) is 8.06. The van der Waals surface area contributed by atoms with E-state index in [4.69, 9.17) is 9.57 Å². The van der Waals surface area contributed by atoms with Gasteiger partial charge in [-0.1, -0.05) is 30.7 Å². The highest BCUT2D eigenvalue weighted by atomic mass is 16.8. The molecule has 1 fully saturated rings. The third-order valence-corrected chi connectivity index (χ3v) is 4.45. The Balaban J connectivity index is 1.56. The SMILES string of the molecule is Cc1ccc2c(c1)[C@H](NC(=O)NO[C@@H]1CCCCO1)[C@@H](C)C2. The topological polar surface area (TPSA) is 59.6 Å². The average Bonchev–Trinajstić information content (AvgIpc) is 2.82. The first-order chi connectivity index (χ1) is 10.6. The van der Waals surface area contributed by atoms with Gasteiger partial charge in [0.1, 0.15) is 0 Å². The minimum absolute atomic E-state index is 0.0331. The molecule has 1 aromatic carbocycles. The average molecular weight is 304 g/mol. The van der Waals surface area contributed by atoms with Crippen LogP contribution < -0.4 is 10.8 Å². The molecule has 1 aliphatic carbocycles. The predicted molar refractivity (Wildman–Crippen MR) is 83.1 cm³/mol. The molecular weight excluding hydrogens is 280 g/mol. The van der Waals surface area contributed by atoms with E-state index < -0.39 is 0 Å². The van der Waals surface area contributed by atoms with Gasteiger partial charge in [-0.25, -0.2) is 15.1 Å². The van der Waals surface area contributed by atoms with Crippen molar-refractivity contribution in [2.45, 2.75) is 51.9 Å². The molecule has 1 aliphatic heterocycles. The molecule has 0 spiro atoms.